The Kier molecular flexibility index (Phi) is 6.54. The van der Waals surface area contributed by atoms with Gasteiger partial charge in [-0.05, 0) is 35.7 Å². The molecule has 0 saturated carbocycles. The maximum Gasteiger partial charge on any atom is 0.319 e. The van der Waals surface area contributed by atoms with E-state index in [-0.39, 0.29) is 6.03 Å². The summed E-state index contributed by atoms with van der Waals surface area (Å²) in [4.78, 5) is 17.1. The third kappa shape index (κ3) is 5.21. The van der Waals surface area contributed by atoms with Crippen LogP contribution in [0.2, 0.25) is 5.02 Å². The number of amides is 2. The van der Waals surface area contributed by atoms with Crippen LogP contribution in [-0.2, 0) is 17.7 Å². The molecule has 2 heterocycles. The summed E-state index contributed by atoms with van der Waals surface area (Å²) >= 11 is 6.16. The van der Waals surface area contributed by atoms with Crippen molar-refractivity contribution >= 4 is 29.0 Å². The molecule has 4 rings (SSSR count). The highest BCUT2D eigenvalue weighted by Crippen LogP contribution is 2.29. The van der Waals surface area contributed by atoms with Crippen LogP contribution in [0.1, 0.15) is 11.1 Å². The molecule has 0 aromatic heterocycles. The van der Waals surface area contributed by atoms with Gasteiger partial charge in [-0.15, -0.1) is 0 Å². The van der Waals surface area contributed by atoms with Crippen LogP contribution in [-0.4, -0.2) is 56.9 Å². The first kappa shape index (κ1) is 20.0. The van der Waals surface area contributed by atoms with Crippen molar-refractivity contribution in [3.05, 3.63) is 58.6 Å². The minimum absolute atomic E-state index is 0.209. The first-order valence-corrected chi connectivity index (χ1v) is 10.5. The van der Waals surface area contributed by atoms with E-state index in [0.29, 0.717) is 24.8 Å². The van der Waals surface area contributed by atoms with Crippen molar-refractivity contribution in [1.82, 2.24) is 10.2 Å². The van der Waals surface area contributed by atoms with E-state index in [4.69, 9.17) is 16.3 Å². The fourth-order valence-corrected chi connectivity index (χ4v) is 4.10. The molecule has 2 aliphatic rings. The molecule has 0 spiro atoms. The van der Waals surface area contributed by atoms with Crippen molar-refractivity contribution in [2.24, 2.45) is 0 Å². The van der Waals surface area contributed by atoms with Gasteiger partial charge < -0.3 is 20.3 Å². The van der Waals surface area contributed by atoms with Crippen LogP contribution in [0, 0.1) is 0 Å². The van der Waals surface area contributed by atoms with Crippen molar-refractivity contribution in [3.8, 4) is 0 Å². The number of anilines is 2. The third-order valence-electron chi connectivity index (χ3n) is 5.48. The maximum absolute atomic E-state index is 12.5. The molecule has 2 aromatic rings. The molecule has 2 amide bonds. The van der Waals surface area contributed by atoms with Crippen molar-refractivity contribution in [3.63, 3.8) is 0 Å². The van der Waals surface area contributed by atoms with Gasteiger partial charge in [0.2, 0.25) is 0 Å². The van der Waals surface area contributed by atoms with Gasteiger partial charge in [0.25, 0.3) is 0 Å². The molecule has 0 bridgehead atoms. The number of fused-ring (bicyclic) bond motifs is 1. The summed E-state index contributed by atoms with van der Waals surface area (Å²) in [6.45, 7) is 6.36. The minimum Gasteiger partial charge on any atom is -0.378 e. The minimum atomic E-state index is -0.209. The second-order valence-electron chi connectivity index (χ2n) is 7.44. The zero-order valence-electron chi connectivity index (χ0n) is 16.5. The molecule has 29 heavy (non-hydrogen) atoms. The largest absolute Gasteiger partial charge is 0.378 e. The lowest BCUT2D eigenvalue weighted by Crippen LogP contribution is -2.40. The van der Waals surface area contributed by atoms with Gasteiger partial charge in [0.1, 0.15) is 0 Å². The number of halogens is 1. The summed E-state index contributed by atoms with van der Waals surface area (Å²) in [5.74, 6) is 0. The van der Waals surface area contributed by atoms with Gasteiger partial charge >= 0.3 is 6.03 Å². The number of rotatable bonds is 5. The number of hydrogen-bond donors (Lipinski definition) is 2. The Labute approximate surface area is 176 Å². The maximum atomic E-state index is 12.5. The first-order chi connectivity index (χ1) is 14.2. The Bertz CT molecular complexity index is 854. The number of nitrogens with one attached hydrogen (secondary N) is 2. The first-order valence-electron chi connectivity index (χ1n) is 10.2. The molecule has 1 fully saturated rings. The summed E-state index contributed by atoms with van der Waals surface area (Å²) < 4.78 is 5.43. The molecule has 1 saturated heterocycles. The van der Waals surface area contributed by atoms with Crippen molar-refractivity contribution in [1.29, 1.82) is 0 Å². The Morgan fingerprint density at radius 3 is 2.69 bits per heavy atom. The van der Waals surface area contributed by atoms with Gasteiger partial charge in [-0.1, -0.05) is 35.9 Å². The lowest BCUT2D eigenvalue weighted by Gasteiger charge is -2.30. The highest BCUT2D eigenvalue weighted by Gasteiger charge is 2.18. The molecule has 2 aromatic carbocycles. The molecule has 0 radical (unpaired) electrons. The fourth-order valence-electron chi connectivity index (χ4n) is 3.93. The molecule has 0 aliphatic carbocycles. The number of ether oxygens (including phenoxy) is 1. The zero-order valence-corrected chi connectivity index (χ0v) is 17.3. The Morgan fingerprint density at radius 1 is 1.07 bits per heavy atom. The van der Waals surface area contributed by atoms with E-state index < -0.39 is 0 Å². The molecule has 0 unspecified atom stereocenters. The van der Waals surface area contributed by atoms with E-state index >= 15 is 0 Å². The van der Waals surface area contributed by atoms with Gasteiger partial charge in [-0.25, -0.2) is 4.79 Å². The average molecular weight is 415 g/mol. The van der Waals surface area contributed by atoms with Crippen LogP contribution in [0.15, 0.2) is 42.5 Å². The molecule has 2 N–H and O–H groups in total. The predicted molar refractivity (Wildman–Crippen MR) is 117 cm³/mol. The molecule has 2 aliphatic heterocycles. The lowest BCUT2D eigenvalue weighted by atomic mass is 10.00. The van der Waals surface area contributed by atoms with Crippen LogP contribution < -0.4 is 15.5 Å². The SMILES string of the molecule is O=C(NCCN1CCc2ccccc2C1)Nc1cc(Cl)ccc1N1CCOCC1. The number of carbonyl (C=O) groups excluding carboxylic acids is 1. The standard InChI is InChI=1S/C22H27ClN4O2/c23-19-5-6-21(27-11-13-29-14-12-27)20(15-19)25-22(28)24-8-10-26-9-7-17-3-1-2-4-18(17)16-26/h1-6,15H,7-14,16H2,(H2,24,25,28). The van der Waals surface area contributed by atoms with E-state index in [2.05, 4.69) is 44.7 Å². The summed E-state index contributed by atoms with van der Waals surface area (Å²) in [6.07, 6.45) is 1.06. The number of hydrogen-bond acceptors (Lipinski definition) is 4. The normalized spacial score (nSPS) is 16.9. The number of carbonyl (C=O) groups is 1. The van der Waals surface area contributed by atoms with Crippen LogP contribution in [0.25, 0.3) is 0 Å². The van der Waals surface area contributed by atoms with Gasteiger partial charge in [-0.3, -0.25) is 4.90 Å². The third-order valence-corrected chi connectivity index (χ3v) is 5.72. The zero-order chi connectivity index (χ0) is 20.1. The molecular weight excluding hydrogens is 388 g/mol. The monoisotopic (exact) mass is 414 g/mol. The highest BCUT2D eigenvalue weighted by atomic mass is 35.5. The Morgan fingerprint density at radius 2 is 1.86 bits per heavy atom. The number of nitrogens with zero attached hydrogens (tertiary/aromatic N) is 2. The predicted octanol–water partition coefficient (Wildman–Crippen LogP) is 3.36. The van der Waals surface area contributed by atoms with E-state index in [1.807, 2.05) is 12.1 Å². The van der Waals surface area contributed by atoms with Gasteiger partial charge in [0.15, 0.2) is 0 Å². The molecular formula is C22H27ClN4O2. The number of morpholine rings is 1. The van der Waals surface area contributed by atoms with Crippen LogP contribution in [0.4, 0.5) is 16.2 Å². The van der Waals surface area contributed by atoms with Crippen molar-refractivity contribution in [2.75, 3.05) is 56.2 Å². The summed E-state index contributed by atoms with van der Waals surface area (Å²) in [6, 6.07) is 14.0. The van der Waals surface area contributed by atoms with E-state index in [1.165, 1.54) is 11.1 Å². The second-order valence-corrected chi connectivity index (χ2v) is 7.87. The lowest BCUT2D eigenvalue weighted by molar-refractivity contribution is 0.123. The molecule has 0 atom stereocenters. The topological polar surface area (TPSA) is 56.8 Å². The smallest absolute Gasteiger partial charge is 0.319 e. The van der Waals surface area contributed by atoms with Crippen LogP contribution in [0.5, 0.6) is 0 Å². The summed E-state index contributed by atoms with van der Waals surface area (Å²) in [5, 5.41) is 6.54. The summed E-state index contributed by atoms with van der Waals surface area (Å²) in [5.41, 5.74) is 4.52. The van der Waals surface area contributed by atoms with Crippen LogP contribution in [0.3, 0.4) is 0 Å². The van der Waals surface area contributed by atoms with E-state index in [1.54, 1.807) is 6.07 Å². The molecule has 6 nitrogen and oxygen atoms in total. The number of urea groups is 1. The van der Waals surface area contributed by atoms with Crippen LogP contribution >= 0.6 is 11.6 Å². The Balaban J connectivity index is 1.29. The average Bonchev–Trinajstić information content (AvgIpc) is 2.74. The van der Waals surface area contributed by atoms with E-state index in [0.717, 1.165) is 50.5 Å². The fraction of sp³-hybridized carbons (Fsp3) is 0.409. The highest BCUT2D eigenvalue weighted by molar-refractivity contribution is 6.31. The second kappa shape index (κ2) is 9.48. The molecule has 154 valence electrons. The van der Waals surface area contributed by atoms with Gasteiger partial charge in [-0.2, -0.15) is 0 Å². The summed E-state index contributed by atoms with van der Waals surface area (Å²) in [7, 11) is 0. The van der Waals surface area contributed by atoms with Gasteiger partial charge in [0.05, 0.1) is 24.6 Å². The molecule has 7 heteroatoms. The van der Waals surface area contributed by atoms with Crippen molar-refractivity contribution < 1.29 is 9.53 Å². The van der Waals surface area contributed by atoms with Gasteiger partial charge in [0, 0.05) is 44.3 Å². The number of benzene rings is 2. The van der Waals surface area contributed by atoms with Crippen molar-refractivity contribution in [2.45, 2.75) is 13.0 Å². The Hall–Kier alpha value is -2.28. The van der Waals surface area contributed by atoms with E-state index in [9.17, 15) is 4.79 Å². The quantitative estimate of drug-likeness (QED) is 0.787.